The van der Waals surface area contributed by atoms with Crippen LogP contribution in [0.4, 0.5) is 13.2 Å². The van der Waals surface area contributed by atoms with Crippen molar-refractivity contribution in [1.29, 1.82) is 0 Å². The summed E-state index contributed by atoms with van der Waals surface area (Å²) in [5.41, 5.74) is -0.496. The van der Waals surface area contributed by atoms with E-state index < -0.39 is 38.7 Å². The molecule has 0 saturated carbocycles. The second-order valence-electron chi connectivity index (χ2n) is 4.38. The molecule has 0 saturated heterocycles. The van der Waals surface area contributed by atoms with E-state index in [0.29, 0.717) is 12.1 Å². The van der Waals surface area contributed by atoms with E-state index in [1.54, 1.807) is 20.8 Å². The summed E-state index contributed by atoms with van der Waals surface area (Å²) in [6.07, 6.45) is 0.825. The van der Waals surface area contributed by atoms with Gasteiger partial charge in [-0.2, -0.15) is 4.40 Å². The molecule has 0 aliphatic rings. The lowest BCUT2D eigenvalue weighted by atomic mass is 10.2. The van der Waals surface area contributed by atoms with Crippen LogP contribution in [-0.4, -0.2) is 15.2 Å². The molecule has 0 radical (unpaired) electrons. The summed E-state index contributed by atoms with van der Waals surface area (Å²) in [5, 5.41) is 0. The van der Waals surface area contributed by atoms with Gasteiger partial charge in [-0.05, 0) is 20.8 Å². The van der Waals surface area contributed by atoms with Gasteiger partial charge in [0.15, 0.2) is 0 Å². The van der Waals surface area contributed by atoms with E-state index in [4.69, 9.17) is 0 Å². The molecule has 0 N–H and O–H groups in total. The lowest BCUT2D eigenvalue weighted by Gasteiger charge is -2.12. The normalized spacial score (nSPS) is 14.2. The molecular weight excluding hydrogens is 251 g/mol. The Morgan fingerprint density at radius 2 is 1.65 bits per heavy atom. The van der Waals surface area contributed by atoms with Crippen molar-refractivity contribution < 1.29 is 17.4 Å². The molecule has 1 aromatic carbocycles. The third kappa shape index (κ3) is 3.66. The standard InChI is InChI=1S/C11H12F3NOS/c1-11(2,3)17(16)15-6-8-9(13)4-7(12)5-10(8)14/h4-6H,1-3H3/t17-/m0/s1. The Balaban J connectivity index is 3.05. The fourth-order valence-electron chi connectivity index (χ4n) is 0.935. The SMILES string of the molecule is CC(C)(C)[S@](=O)N=Cc1c(F)cc(F)cc1F. The van der Waals surface area contributed by atoms with Gasteiger partial charge in [-0.3, -0.25) is 0 Å². The van der Waals surface area contributed by atoms with Crippen molar-refractivity contribution >= 4 is 17.2 Å². The average molecular weight is 263 g/mol. The van der Waals surface area contributed by atoms with E-state index in [0.717, 1.165) is 6.21 Å². The summed E-state index contributed by atoms with van der Waals surface area (Å²) in [5.74, 6) is -3.15. The molecule has 1 aromatic rings. The second-order valence-corrected chi connectivity index (χ2v) is 6.31. The maximum atomic E-state index is 13.2. The topological polar surface area (TPSA) is 29.4 Å². The van der Waals surface area contributed by atoms with Crippen LogP contribution in [0.25, 0.3) is 0 Å². The Hall–Kier alpha value is -1.17. The summed E-state index contributed by atoms with van der Waals surface area (Å²) in [7, 11) is -1.62. The number of halogens is 3. The van der Waals surface area contributed by atoms with E-state index in [1.165, 1.54) is 0 Å². The van der Waals surface area contributed by atoms with Gasteiger partial charge in [-0.15, -0.1) is 0 Å². The number of hydrogen-bond acceptors (Lipinski definition) is 1. The maximum Gasteiger partial charge on any atom is 0.144 e. The molecule has 0 unspecified atom stereocenters. The Morgan fingerprint density at radius 1 is 1.18 bits per heavy atom. The molecule has 0 bridgehead atoms. The van der Waals surface area contributed by atoms with Crippen LogP contribution in [0.15, 0.2) is 16.5 Å². The molecule has 0 amide bonds. The predicted octanol–water partition coefficient (Wildman–Crippen LogP) is 2.99. The van der Waals surface area contributed by atoms with Gasteiger partial charge in [0.2, 0.25) is 0 Å². The third-order valence-corrected chi connectivity index (χ3v) is 3.19. The molecule has 0 fully saturated rings. The van der Waals surface area contributed by atoms with Crippen molar-refractivity contribution in [3.8, 4) is 0 Å². The van der Waals surface area contributed by atoms with Crippen molar-refractivity contribution in [2.75, 3.05) is 0 Å². The Morgan fingerprint density at radius 3 is 2.06 bits per heavy atom. The number of benzene rings is 1. The molecule has 0 heterocycles. The van der Waals surface area contributed by atoms with Gasteiger partial charge in [0.05, 0.1) is 16.5 Å². The molecule has 0 aliphatic carbocycles. The molecule has 1 rings (SSSR count). The number of nitrogens with zero attached hydrogens (tertiary/aromatic N) is 1. The zero-order chi connectivity index (χ0) is 13.2. The van der Waals surface area contributed by atoms with Gasteiger partial charge in [0.1, 0.15) is 28.4 Å². The molecule has 0 aromatic heterocycles. The van der Waals surface area contributed by atoms with Crippen LogP contribution in [0.5, 0.6) is 0 Å². The summed E-state index contributed by atoms with van der Waals surface area (Å²) < 4.78 is 53.4. The highest BCUT2D eigenvalue weighted by Gasteiger charge is 2.19. The van der Waals surface area contributed by atoms with Crippen LogP contribution in [0.2, 0.25) is 0 Å². The highest BCUT2D eigenvalue weighted by molar-refractivity contribution is 7.85. The van der Waals surface area contributed by atoms with Crippen molar-refractivity contribution in [3.05, 3.63) is 35.1 Å². The first-order chi connectivity index (χ1) is 7.71. The molecule has 6 heteroatoms. The van der Waals surface area contributed by atoms with Crippen LogP contribution in [0, 0.1) is 17.5 Å². The van der Waals surface area contributed by atoms with E-state index in [2.05, 4.69) is 4.40 Å². The minimum atomic E-state index is -1.62. The summed E-state index contributed by atoms with van der Waals surface area (Å²) in [4.78, 5) is 0. The monoisotopic (exact) mass is 263 g/mol. The third-order valence-electron chi connectivity index (χ3n) is 1.85. The number of rotatable bonds is 2. The first-order valence-corrected chi connectivity index (χ1v) is 5.93. The Bertz CT molecular complexity index is 457. The molecule has 1 atom stereocenters. The fraction of sp³-hybridized carbons (Fsp3) is 0.364. The Labute approximate surface area is 100 Å². The summed E-state index contributed by atoms with van der Waals surface area (Å²) in [6, 6.07) is 1.09. The average Bonchev–Trinajstić information content (AvgIpc) is 2.13. The quantitative estimate of drug-likeness (QED) is 0.754. The zero-order valence-electron chi connectivity index (χ0n) is 9.63. The van der Waals surface area contributed by atoms with Crippen LogP contribution >= 0.6 is 0 Å². The highest BCUT2D eigenvalue weighted by atomic mass is 32.2. The van der Waals surface area contributed by atoms with Gasteiger partial charge in [0.25, 0.3) is 0 Å². The summed E-state index contributed by atoms with van der Waals surface area (Å²) in [6.45, 7) is 5.04. The minimum Gasteiger partial charge on any atom is -0.234 e. The first-order valence-electron chi connectivity index (χ1n) is 4.82. The van der Waals surface area contributed by atoms with Crippen LogP contribution < -0.4 is 0 Å². The van der Waals surface area contributed by atoms with E-state index in [1.807, 2.05) is 0 Å². The predicted molar refractivity (Wildman–Crippen MR) is 61.8 cm³/mol. The van der Waals surface area contributed by atoms with Crippen LogP contribution in [0.1, 0.15) is 26.3 Å². The molecule has 94 valence electrons. The molecular formula is C11H12F3NOS. The second kappa shape index (κ2) is 5.00. The maximum absolute atomic E-state index is 13.2. The molecule has 0 spiro atoms. The summed E-state index contributed by atoms with van der Waals surface area (Å²) >= 11 is 0. The van der Waals surface area contributed by atoms with Gasteiger partial charge in [-0.1, -0.05) is 0 Å². The lowest BCUT2D eigenvalue weighted by molar-refractivity contribution is 0.541. The van der Waals surface area contributed by atoms with Gasteiger partial charge < -0.3 is 0 Å². The lowest BCUT2D eigenvalue weighted by Crippen LogP contribution is -2.19. The molecule has 2 nitrogen and oxygen atoms in total. The van der Waals surface area contributed by atoms with E-state index in [9.17, 15) is 17.4 Å². The smallest absolute Gasteiger partial charge is 0.144 e. The Kier molecular flexibility index (Phi) is 4.08. The van der Waals surface area contributed by atoms with Crippen molar-refractivity contribution in [2.24, 2.45) is 4.40 Å². The molecule has 17 heavy (non-hydrogen) atoms. The van der Waals surface area contributed by atoms with E-state index >= 15 is 0 Å². The van der Waals surface area contributed by atoms with Crippen molar-refractivity contribution in [1.82, 2.24) is 0 Å². The van der Waals surface area contributed by atoms with Gasteiger partial charge >= 0.3 is 0 Å². The zero-order valence-corrected chi connectivity index (χ0v) is 10.4. The first kappa shape index (κ1) is 13.9. The highest BCUT2D eigenvalue weighted by Crippen LogP contribution is 2.15. The number of hydrogen-bond donors (Lipinski definition) is 0. The van der Waals surface area contributed by atoms with Crippen molar-refractivity contribution in [3.63, 3.8) is 0 Å². The van der Waals surface area contributed by atoms with Crippen LogP contribution in [-0.2, 0) is 11.0 Å². The van der Waals surface area contributed by atoms with Gasteiger partial charge in [0, 0.05) is 12.1 Å². The fourth-order valence-corrected chi connectivity index (χ4v) is 1.45. The molecule has 0 aliphatic heterocycles. The van der Waals surface area contributed by atoms with Crippen LogP contribution in [0.3, 0.4) is 0 Å². The largest absolute Gasteiger partial charge is 0.234 e. The minimum absolute atomic E-state index is 0.496. The van der Waals surface area contributed by atoms with E-state index in [-0.39, 0.29) is 0 Å². The van der Waals surface area contributed by atoms with Gasteiger partial charge in [-0.25, -0.2) is 17.4 Å². The van der Waals surface area contributed by atoms with Crippen molar-refractivity contribution in [2.45, 2.75) is 25.5 Å².